The standard InChI is InChI=1S/C25H22FN7O/c1-4-16-10-18(32-12-21(27-13-32)17-8-9-17)11-19(23(16)26)25(34)30-22-7-5-6-20(29-22)24-31-28-14-33(24)15(2)3/h1,5-7,10-15,17H,8-9H2,2-3H3,(H,29,30,34). The predicted octanol–water partition coefficient (Wildman–Crippen LogP) is 4.36. The van der Waals surface area contributed by atoms with E-state index in [0.29, 0.717) is 23.1 Å². The minimum absolute atomic E-state index is 0.00364. The third-order valence-corrected chi connectivity index (χ3v) is 5.70. The van der Waals surface area contributed by atoms with Crippen molar-refractivity contribution in [2.24, 2.45) is 0 Å². The number of hydrogen-bond donors (Lipinski definition) is 1. The van der Waals surface area contributed by atoms with Gasteiger partial charge in [-0.05, 0) is 51.0 Å². The Balaban J connectivity index is 1.45. The Morgan fingerprint density at radius 2 is 2.09 bits per heavy atom. The molecule has 1 N–H and O–H groups in total. The number of terminal acetylenes is 1. The molecule has 1 saturated carbocycles. The number of hydrogen-bond acceptors (Lipinski definition) is 5. The Morgan fingerprint density at radius 1 is 1.26 bits per heavy atom. The zero-order valence-corrected chi connectivity index (χ0v) is 18.7. The second kappa shape index (κ2) is 8.56. The maximum Gasteiger partial charge on any atom is 0.259 e. The summed E-state index contributed by atoms with van der Waals surface area (Å²) in [6.45, 7) is 4.01. The summed E-state index contributed by atoms with van der Waals surface area (Å²) in [6.07, 6.45) is 12.9. The molecule has 1 amide bonds. The van der Waals surface area contributed by atoms with Crippen molar-refractivity contribution in [2.45, 2.75) is 38.6 Å². The van der Waals surface area contributed by atoms with Crippen molar-refractivity contribution < 1.29 is 9.18 Å². The Bertz CT molecular complexity index is 1430. The monoisotopic (exact) mass is 455 g/mol. The highest BCUT2D eigenvalue weighted by Crippen LogP contribution is 2.39. The lowest BCUT2D eigenvalue weighted by Gasteiger charge is -2.12. The fraction of sp³-hybridized carbons (Fsp3) is 0.240. The van der Waals surface area contributed by atoms with Crippen LogP contribution >= 0.6 is 0 Å². The largest absolute Gasteiger partial charge is 0.310 e. The van der Waals surface area contributed by atoms with E-state index in [4.69, 9.17) is 6.42 Å². The lowest BCUT2D eigenvalue weighted by molar-refractivity contribution is 0.102. The lowest BCUT2D eigenvalue weighted by Crippen LogP contribution is -2.16. The van der Waals surface area contributed by atoms with Crippen LogP contribution < -0.4 is 5.32 Å². The first-order chi connectivity index (χ1) is 16.4. The molecule has 3 aromatic heterocycles. The normalized spacial score (nSPS) is 13.1. The molecule has 3 heterocycles. The molecule has 1 aromatic carbocycles. The molecule has 34 heavy (non-hydrogen) atoms. The number of benzene rings is 1. The fourth-order valence-corrected chi connectivity index (χ4v) is 3.71. The molecule has 1 fully saturated rings. The summed E-state index contributed by atoms with van der Waals surface area (Å²) in [7, 11) is 0. The molecule has 0 spiro atoms. The van der Waals surface area contributed by atoms with Crippen molar-refractivity contribution in [3.05, 3.63) is 71.8 Å². The topological polar surface area (TPSA) is 90.5 Å². The Labute approximate surface area is 195 Å². The maximum atomic E-state index is 15.0. The number of rotatable bonds is 6. The molecular formula is C25H22FN7O. The molecule has 4 aromatic rings. The Kier molecular flexibility index (Phi) is 5.42. The molecule has 5 rings (SSSR count). The quantitative estimate of drug-likeness (QED) is 0.437. The highest BCUT2D eigenvalue weighted by Gasteiger charge is 2.26. The molecule has 1 aliphatic carbocycles. The molecule has 0 saturated heterocycles. The van der Waals surface area contributed by atoms with E-state index in [1.807, 2.05) is 24.6 Å². The van der Waals surface area contributed by atoms with E-state index in [-0.39, 0.29) is 23.0 Å². The second-order valence-corrected chi connectivity index (χ2v) is 8.50. The summed E-state index contributed by atoms with van der Waals surface area (Å²) in [5, 5.41) is 10.8. The van der Waals surface area contributed by atoms with Gasteiger partial charge in [-0.25, -0.2) is 14.4 Å². The zero-order valence-electron chi connectivity index (χ0n) is 18.7. The van der Waals surface area contributed by atoms with E-state index in [1.165, 1.54) is 12.1 Å². The van der Waals surface area contributed by atoms with E-state index in [1.54, 1.807) is 35.4 Å². The van der Waals surface area contributed by atoms with Gasteiger partial charge in [0.25, 0.3) is 5.91 Å². The summed E-state index contributed by atoms with van der Waals surface area (Å²) >= 11 is 0. The van der Waals surface area contributed by atoms with Crippen molar-refractivity contribution in [2.75, 3.05) is 5.32 Å². The molecule has 0 atom stereocenters. The third kappa shape index (κ3) is 4.06. The van der Waals surface area contributed by atoms with Crippen LogP contribution in [0.3, 0.4) is 0 Å². The van der Waals surface area contributed by atoms with E-state index in [2.05, 4.69) is 31.4 Å². The summed E-state index contributed by atoms with van der Waals surface area (Å²) in [6, 6.07) is 8.26. The number of imidazole rings is 1. The number of carbonyl (C=O) groups excluding carboxylic acids is 1. The van der Waals surface area contributed by atoms with Crippen LogP contribution in [-0.2, 0) is 0 Å². The van der Waals surface area contributed by atoms with Crippen molar-refractivity contribution in [3.8, 4) is 29.5 Å². The number of amides is 1. The summed E-state index contributed by atoms with van der Waals surface area (Å²) in [5.41, 5.74) is 1.90. The number of halogens is 1. The van der Waals surface area contributed by atoms with Gasteiger partial charge in [0.1, 0.15) is 17.8 Å². The maximum absolute atomic E-state index is 15.0. The van der Waals surface area contributed by atoms with Gasteiger partial charge in [-0.3, -0.25) is 4.79 Å². The van der Waals surface area contributed by atoms with E-state index in [9.17, 15) is 4.79 Å². The van der Waals surface area contributed by atoms with Gasteiger partial charge in [0.05, 0.1) is 23.1 Å². The van der Waals surface area contributed by atoms with Crippen LogP contribution in [0.1, 0.15) is 60.3 Å². The first kappa shape index (κ1) is 21.5. The summed E-state index contributed by atoms with van der Waals surface area (Å²) < 4.78 is 18.7. The molecule has 170 valence electrons. The van der Waals surface area contributed by atoms with Crippen LogP contribution in [0.4, 0.5) is 10.2 Å². The van der Waals surface area contributed by atoms with Crippen LogP contribution in [0.25, 0.3) is 17.2 Å². The Morgan fingerprint density at radius 3 is 2.82 bits per heavy atom. The Hall–Kier alpha value is -4.32. The first-order valence-electron chi connectivity index (χ1n) is 11.0. The van der Waals surface area contributed by atoms with Crippen molar-refractivity contribution in [1.29, 1.82) is 0 Å². The van der Waals surface area contributed by atoms with Crippen LogP contribution in [0.5, 0.6) is 0 Å². The number of aromatic nitrogens is 6. The average molecular weight is 455 g/mol. The van der Waals surface area contributed by atoms with Crippen molar-refractivity contribution >= 4 is 11.7 Å². The van der Waals surface area contributed by atoms with Crippen molar-refractivity contribution in [3.63, 3.8) is 0 Å². The van der Waals surface area contributed by atoms with E-state index >= 15 is 4.39 Å². The molecule has 0 radical (unpaired) electrons. The van der Waals surface area contributed by atoms with Gasteiger partial charge in [0, 0.05) is 23.8 Å². The second-order valence-electron chi connectivity index (χ2n) is 8.50. The number of pyridine rings is 1. The lowest BCUT2D eigenvalue weighted by atomic mass is 10.1. The molecule has 1 aliphatic rings. The molecular weight excluding hydrogens is 433 g/mol. The van der Waals surface area contributed by atoms with Crippen LogP contribution in [0.15, 0.2) is 49.2 Å². The molecule has 9 heteroatoms. The number of carbonyl (C=O) groups is 1. The molecule has 0 unspecified atom stereocenters. The minimum atomic E-state index is -0.762. The third-order valence-electron chi connectivity index (χ3n) is 5.70. The summed E-state index contributed by atoms with van der Waals surface area (Å²) in [4.78, 5) is 22.0. The fourth-order valence-electron chi connectivity index (χ4n) is 3.71. The highest BCUT2D eigenvalue weighted by molar-refractivity contribution is 6.04. The predicted molar refractivity (Wildman–Crippen MR) is 125 cm³/mol. The average Bonchev–Trinajstić information content (AvgIpc) is 3.34. The van der Waals surface area contributed by atoms with Gasteiger partial charge in [-0.15, -0.1) is 16.6 Å². The van der Waals surface area contributed by atoms with Crippen LogP contribution in [-0.4, -0.2) is 35.2 Å². The highest BCUT2D eigenvalue weighted by atomic mass is 19.1. The van der Waals surface area contributed by atoms with Crippen molar-refractivity contribution in [1.82, 2.24) is 29.3 Å². The van der Waals surface area contributed by atoms with E-state index < -0.39 is 11.7 Å². The van der Waals surface area contributed by atoms with Gasteiger partial charge in [-0.2, -0.15) is 0 Å². The number of nitrogens with one attached hydrogen (secondary N) is 1. The SMILES string of the molecule is C#Cc1cc(-n2cnc(C3CC3)c2)cc(C(=O)Nc2cccc(-c3nncn3C(C)C)n2)c1F. The molecule has 8 nitrogen and oxygen atoms in total. The van der Waals surface area contributed by atoms with Gasteiger partial charge < -0.3 is 14.5 Å². The van der Waals surface area contributed by atoms with Gasteiger partial charge in [0.15, 0.2) is 11.6 Å². The smallest absolute Gasteiger partial charge is 0.259 e. The number of anilines is 1. The number of nitrogens with zero attached hydrogens (tertiary/aromatic N) is 6. The van der Waals surface area contributed by atoms with E-state index in [0.717, 1.165) is 18.5 Å². The molecule has 0 bridgehead atoms. The summed E-state index contributed by atoms with van der Waals surface area (Å²) in [5.74, 6) is 2.20. The zero-order chi connectivity index (χ0) is 23.8. The minimum Gasteiger partial charge on any atom is -0.310 e. The van der Waals surface area contributed by atoms with Gasteiger partial charge >= 0.3 is 0 Å². The van der Waals surface area contributed by atoms with Gasteiger partial charge in [0.2, 0.25) is 0 Å². The van der Waals surface area contributed by atoms with Crippen LogP contribution in [0.2, 0.25) is 0 Å². The van der Waals surface area contributed by atoms with Gasteiger partial charge in [-0.1, -0.05) is 12.0 Å². The molecule has 0 aliphatic heterocycles. The first-order valence-corrected chi connectivity index (χ1v) is 11.0. The van der Waals surface area contributed by atoms with Crippen LogP contribution in [0, 0.1) is 18.2 Å².